The third kappa shape index (κ3) is 3.35. The Balaban J connectivity index is 1.46. The van der Waals surface area contributed by atoms with Gasteiger partial charge in [0.25, 0.3) is 5.78 Å². The minimum atomic E-state index is -0.381. The number of nitrogens with zero attached hydrogens (tertiary/aromatic N) is 5. The van der Waals surface area contributed by atoms with Gasteiger partial charge in [-0.25, -0.2) is 18.9 Å². The highest BCUT2D eigenvalue weighted by molar-refractivity contribution is 5.64. The van der Waals surface area contributed by atoms with Crippen LogP contribution in [0.3, 0.4) is 0 Å². The van der Waals surface area contributed by atoms with Gasteiger partial charge in [-0.2, -0.15) is 4.98 Å². The molecule has 8 heteroatoms. The number of aromatic nitrogens is 5. The summed E-state index contributed by atoms with van der Waals surface area (Å²) in [7, 11) is 0. The number of rotatable bonds is 5. The topological polar surface area (TPSA) is 81.1 Å². The Morgan fingerprint density at radius 1 is 1.24 bits per heavy atom. The average molecular weight is 392 g/mol. The largest absolute Gasteiger partial charge is 0.444 e. The molecule has 0 aliphatic heterocycles. The maximum Gasteiger partial charge on any atom is 0.252 e. The predicted octanol–water partition coefficient (Wildman–Crippen LogP) is 4.59. The number of oxazole rings is 1. The molecule has 1 atom stereocenters. The SMILES string of the molecule is Cc1nc(C)c(C(C)Nc2ccc(F)c(-c3nc4ncc(C5CC5)cn4n3)c2)o1. The van der Waals surface area contributed by atoms with Crippen LogP contribution in [0.4, 0.5) is 10.1 Å². The van der Waals surface area contributed by atoms with E-state index in [2.05, 4.69) is 25.4 Å². The minimum absolute atomic E-state index is 0.119. The first-order chi connectivity index (χ1) is 14.0. The van der Waals surface area contributed by atoms with Crippen molar-refractivity contribution in [3.8, 4) is 11.4 Å². The molecule has 1 aromatic carbocycles. The van der Waals surface area contributed by atoms with Crippen LogP contribution in [0.1, 0.15) is 54.6 Å². The van der Waals surface area contributed by atoms with Gasteiger partial charge >= 0.3 is 0 Å². The van der Waals surface area contributed by atoms with E-state index in [0.717, 1.165) is 22.7 Å². The first kappa shape index (κ1) is 17.8. The lowest BCUT2D eigenvalue weighted by atomic mass is 10.1. The number of nitrogens with one attached hydrogen (secondary N) is 1. The van der Waals surface area contributed by atoms with Crippen LogP contribution in [0, 0.1) is 19.7 Å². The molecule has 0 spiro atoms. The Bertz CT molecular complexity index is 1210. The molecule has 0 bridgehead atoms. The van der Waals surface area contributed by atoms with Gasteiger partial charge in [-0.3, -0.25) is 0 Å². The number of hydrogen-bond acceptors (Lipinski definition) is 6. The highest BCUT2D eigenvalue weighted by atomic mass is 19.1. The Kier molecular flexibility index (Phi) is 4.08. The van der Waals surface area contributed by atoms with Crippen LogP contribution in [-0.4, -0.2) is 24.6 Å². The van der Waals surface area contributed by atoms with Crippen LogP contribution in [0.15, 0.2) is 35.0 Å². The molecule has 0 amide bonds. The van der Waals surface area contributed by atoms with Crippen molar-refractivity contribution in [2.24, 2.45) is 0 Å². The number of aryl methyl sites for hydroxylation is 2. The Morgan fingerprint density at radius 3 is 2.79 bits per heavy atom. The summed E-state index contributed by atoms with van der Waals surface area (Å²) in [6.07, 6.45) is 6.13. The molecule has 1 aliphatic rings. The molecular weight excluding hydrogens is 371 g/mol. The molecule has 1 fully saturated rings. The number of hydrogen-bond donors (Lipinski definition) is 1. The van der Waals surface area contributed by atoms with Crippen molar-refractivity contribution in [2.75, 3.05) is 5.32 Å². The van der Waals surface area contributed by atoms with E-state index < -0.39 is 0 Å². The van der Waals surface area contributed by atoms with Gasteiger partial charge in [-0.1, -0.05) is 0 Å². The summed E-state index contributed by atoms with van der Waals surface area (Å²) in [4.78, 5) is 13.1. The van der Waals surface area contributed by atoms with Gasteiger partial charge in [-0.15, -0.1) is 5.10 Å². The van der Waals surface area contributed by atoms with Crippen molar-refractivity contribution in [1.82, 2.24) is 24.6 Å². The van der Waals surface area contributed by atoms with Crippen molar-refractivity contribution < 1.29 is 8.81 Å². The molecule has 5 rings (SSSR count). The molecule has 7 nitrogen and oxygen atoms in total. The zero-order valence-electron chi connectivity index (χ0n) is 16.5. The maximum atomic E-state index is 14.6. The quantitative estimate of drug-likeness (QED) is 0.535. The Labute approximate surface area is 167 Å². The van der Waals surface area contributed by atoms with Gasteiger partial charge in [0.2, 0.25) is 0 Å². The van der Waals surface area contributed by atoms with E-state index in [4.69, 9.17) is 4.42 Å². The van der Waals surface area contributed by atoms with E-state index in [1.807, 2.05) is 33.2 Å². The molecule has 148 valence electrons. The molecule has 0 radical (unpaired) electrons. The second kappa shape index (κ2) is 6.65. The van der Waals surface area contributed by atoms with Crippen LogP contribution in [0.25, 0.3) is 17.2 Å². The van der Waals surface area contributed by atoms with E-state index in [-0.39, 0.29) is 11.9 Å². The summed E-state index contributed by atoms with van der Waals surface area (Å²) < 4.78 is 21.9. The second-order valence-electron chi connectivity index (χ2n) is 7.58. The second-order valence-corrected chi connectivity index (χ2v) is 7.58. The van der Waals surface area contributed by atoms with Gasteiger partial charge in [-0.05, 0) is 56.4 Å². The van der Waals surface area contributed by atoms with Crippen LogP contribution >= 0.6 is 0 Å². The molecule has 1 saturated carbocycles. The van der Waals surface area contributed by atoms with E-state index >= 15 is 0 Å². The molecule has 3 heterocycles. The molecule has 0 saturated heterocycles. The van der Waals surface area contributed by atoms with Gasteiger partial charge in [0, 0.05) is 25.0 Å². The van der Waals surface area contributed by atoms with Crippen molar-refractivity contribution >= 4 is 11.5 Å². The van der Waals surface area contributed by atoms with Gasteiger partial charge in [0.15, 0.2) is 11.7 Å². The van der Waals surface area contributed by atoms with Crippen LogP contribution < -0.4 is 5.32 Å². The molecule has 3 aromatic heterocycles. The highest BCUT2D eigenvalue weighted by Gasteiger charge is 2.25. The summed E-state index contributed by atoms with van der Waals surface area (Å²) in [6.45, 7) is 5.70. The molecule has 1 unspecified atom stereocenters. The summed E-state index contributed by atoms with van der Waals surface area (Å²) in [5.74, 6) is 2.34. The van der Waals surface area contributed by atoms with E-state index in [0.29, 0.717) is 29.0 Å². The summed E-state index contributed by atoms with van der Waals surface area (Å²) in [5.41, 5.74) is 3.06. The number of fused-ring (bicyclic) bond motifs is 1. The lowest BCUT2D eigenvalue weighted by Crippen LogP contribution is -2.07. The van der Waals surface area contributed by atoms with Gasteiger partial charge in [0.05, 0.1) is 17.3 Å². The summed E-state index contributed by atoms with van der Waals surface area (Å²) in [6, 6.07) is 4.69. The number of benzene rings is 1. The van der Waals surface area contributed by atoms with Crippen molar-refractivity contribution in [2.45, 2.75) is 45.6 Å². The van der Waals surface area contributed by atoms with Crippen molar-refractivity contribution in [3.05, 3.63) is 59.3 Å². The zero-order chi connectivity index (χ0) is 20.1. The lowest BCUT2D eigenvalue weighted by Gasteiger charge is -2.14. The third-order valence-corrected chi connectivity index (χ3v) is 5.19. The molecular formula is C21H21FN6O. The van der Waals surface area contributed by atoms with Gasteiger partial charge in [0.1, 0.15) is 11.6 Å². The summed E-state index contributed by atoms with van der Waals surface area (Å²) in [5, 5.41) is 7.79. The van der Waals surface area contributed by atoms with E-state index in [1.165, 1.54) is 18.9 Å². The fourth-order valence-corrected chi connectivity index (χ4v) is 3.59. The predicted molar refractivity (Wildman–Crippen MR) is 106 cm³/mol. The monoisotopic (exact) mass is 392 g/mol. The fraction of sp³-hybridized carbons (Fsp3) is 0.333. The number of anilines is 1. The smallest absolute Gasteiger partial charge is 0.252 e. The number of halogens is 1. The standard InChI is InChI=1S/C21H21FN6O/c1-11-19(29-13(3)24-11)12(2)25-16-6-7-18(22)17(8-16)20-26-21-23-9-15(14-4-5-14)10-28(21)27-20/h6-10,12,14,25H,4-5H2,1-3H3. The summed E-state index contributed by atoms with van der Waals surface area (Å²) >= 11 is 0. The first-order valence-corrected chi connectivity index (χ1v) is 9.70. The minimum Gasteiger partial charge on any atom is -0.444 e. The Hall–Kier alpha value is -3.29. The maximum absolute atomic E-state index is 14.6. The van der Waals surface area contributed by atoms with Gasteiger partial charge < -0.3 is 9.73 Å². The Morgan fingerprint density at radius 2 is 2.07 bits per heavy atom. The third-order valence-electron chi connectivity index (χ3n) is 5.19. The lowest BCUT2D eigenvalue weighted by molar-refractivity contribution is 0.458. The van der Waals surface area contributed by atoms with Crippen LogP contribution in [0.5, 0.6) is 0 Å². The normalized spacial score (nSPS) is 15.0. The molecule has 1 N–H and O–H groups in total. The highest BCUT2D eigenvalue weighted by Crippen LogP contribution is 2.39. The zero-order valence-corrected chi connectivity index (χ0v) is 16.5. The molecule has 1 aliphatic carbocycles. The van der Waals surface area contributed by atoms with E-state index in [9.17, 15) is 4.39 Å². The first-order valence-electron chi connectivity index (χ1n) is 9.70. The van der Waals surface area contributed by atoms with Crippen LogP contribution in [0.2, 0.25) is 0 Å². The van der Waals surface area contributed by atoms with Crippen molar-refractivity contribution in [3.63, 3.8) is 0 Å². The fourth-order valence-electron chi connectivity index (χ4n) is 3.59. The molecule has 4 aromatic rings. The van der Waals surface area contributed by atoms with E-state index in [1.54, 1.807) is 16.6 Å². The van der Waals surface area contributed by atoms with Crippen molar-refractivity contribution in [1.29, 1.82) is 0 Å². The van der Waals surface area contributed by atoms with Crippen LogP contribution in [-0.2, 0) is 0 Å². The average Bonchev–Trinajstić information content (AvgIpc) is 3.37. The molecule has 29 heavy (non-hydrogen) atoms.